The summed E-state index contributed by atoms with van der Waals surface area (Å²) in [5.41, 5.74) is 1.89. The molecule has 0 bridgehead atoms. The van der Waals surface area contributed by atoms with Gasteiger partial charge >= 0.3 is 0 Å². The number of aromatic nitrogens is 1. The molecule has 140 valence electrons. The molecule has 1 fully saturated rings. The van der Waals surface area contributed by atoms with E-state index in [4.69, 9.17) is 9.72 Å². The van der Waals surface area contributed by atoms with Gasteiger partial charge in [-0.15, -0.1) is 11.3 Å². The Morgan fingerprint density at radius 2 is 2.07 bits per heavy atom. The van der Waals surface area contributed by atoms with Crippen LogP contribution in [0.4, 0.5) is 5.69 Å². The monoisotopic (exact) mass is 382 g/mol. The van der Waals surface area contributed by atoms with Crippen LogP contribution < -0.4 is 15.0 Å². The van der Waals surface area contributed by atoms with E-state index in [2.05, 4.69) is 23.5 Å². The van der Waals surface area contributed by atoms with Crippen LogP contribution in [0.2, 0.25) is 0 Å². The van der Waals surface area contributed by atoms with Crippen LogP contribution in [0.25, 0.3) is 10.2 Å². The number of benzene rings is 2. The summed E-state index contributed by atoms with van der Waals surface area (Å²) in [5, 5.41) is 4.20. The fourth-order valence-electron chi connectivity index (χ4n) is 3.69. The number of likely N-dealkylation sites (tertiary alicyclic amines) is 1. The molecule has 1 aliphatic rings. The van der Waals surface area contributed by atoms with Crippen LogP contribution in [0.1, 0.15) is 23.8 Å². The highest BCUT2D eigenvalue weighted by Gasteiger charge is 2.28. The maximum absolute atomic E-state index is 12.4. The van der Waals surface area contributed by atoms with Crippen LogP contribution in [-0.2, 0) is 4.79 Å². The molecule has 2 heterocycles. The van der Waals surface area contributed by atoms with E-state index in [-0.39, 0.29) is 5.91 Å². The molecule has 0 saturated carbocycles. The van der Waals surface area contributed by atoms with Crippen molar-refractivity contribution in [3.63, 3.8) is 0 Å². The maximum Gasteiger partial charge on any atom is 0.279 e. The predicted molar refractivity (Wildman–Crippen MR) is 109 cm³/mol. The quantitative estimate of drug-likeness (QED) is 0.713. The summed E-state index contributed by atoms with van der Waals surface area (Å²) in [6, 6.07) is 15.7. The van der Waals surface area contributed by atoms with Crippen LogP contribution in [0, 0.1) is 0 Å². The second-order valence-electron chi connectivity index (χ2n) is 7.02. The Labute approximate surface area is 163 Å². The third-order valence-corrected chi connectivity index (χ3v) is 6.26. The number of rotatable bonds is 5. The Morgan fingerprint density at radius 3 is 2.85 bits per heavy atom. The van der Waals surface area contributed by atoms with Crippen molar-refractivity contribution in [3.8, 4) is 5.75 Å². The fourth-order valence-corrected chi connectivity index (χ4v) is 4.80. The molecule has 6 heteroatoms. The van der Waals surface area contributed by atoms with Crippen molar-refractivity contribution in [2.45, 2.75) is 18.8 Å². The number of carbonyl (C=O) groups is 1. The topological polar surface area (TPSA) is 55.7 Å². The van der Waals surface area contributed by atoms with Gasteiger partial charge in [0, 0.05) is 5.69 Å². The fraction of sp³-hybridized carbons (Fsp3) is 0.333. The van der Waals surface area contributed by atoms with Crippen molar-refractivity contribution in [1.82, 2.24) is 4.98 Å². The van der Waals surface area contributed by atoms with Crippen molar-refractivity contribution in [2.75, 3.05) is 32.1 Å². The third-order valence-electron chi connectivity index (χ3n) is 5.06. The number of quaternary nitrogens is 1. The molecule has 1 amide bonds. The standard InChI is InChI=1S/C21H23N3O2S/c1-26-17-10-8-16(9-11-17)22-20(25)14-24-12-4-5-15(13-24)21-23-18-6-2-3-7-19(18)27-21/h2-3,6-11,15H,4-5,12-14H2,1H3,(H,22,25)/p+1/t15-/m0/s1. The first-order valence-electron chi connectivity index (χ1n) is 9.34. The van der Waals surface area contributed by atoms with E-state index in [9.17, 15) is 4.79 Å². The number of para-hydroxylation sites is 1. The van der Waals surface area contributed by atoms with Gasteiger partial charge in [-0.25, -0.2) is 4.98 Å². The van der Waals surface area contributed by atoms with E-state index in [1.807, 2.05) is 30.3 Å². The number of methoxy groups -OCH3 is 1. The van der Waals surface area contributed by atoms with E-state index in [1.54, 1.807) is 18.4 Å². The van der Waals surface area contributed by atoms with Crippen molar-refractivity contribution in [2.24, 2.45) is 0 Å². The van der Waals surface area contributed by atoms with Gasteiger partial charge in [0.1, 0.15) is 10.8 Å². The maximum atomic E-state index is 12.4. The summed E-state index contributed by atoms with van der Waals surface area (Å²) in [5.74, 6) is 1.29. The molecule has 2 atom stereocenters. The molecule has 1 unspecified atom stereocenters. The van der Waals surface area contributed by atoms with Gasteiger partial charge in [-0.3, -0.25) is 4.79 Å². The lowest BCUT2D eigenvalue weighted by molar-refractivity contribution is -0.898. The summed E-state index contributed by atoms with van der Waals surface area (Å²) >= 11 is 1.79. The Kier molecular flexibility index (Phi) is 5.36. The second kappa shape index (κ2) is 8.06. The second-order valence-corrected chi connectivity index (χ2v) is 8.08. The van der Waals surface area contributed by atoms with Gasteiger partial charge in [-0.05, 0) is 49.2 Å². The largest absolute Gasteiger partial charge is 0.497 e. The Bertz CT molecular complexity index is 890. The molecule has 4 rings (SSSR count). The third kappa shape index (κ3) is 4.28. The first-order valence-corrected chi connectivity index (χ1v) is 10.2. The molecule has 1 aliphatic heterocycles. The summed E-state index contributed by atoms with van der Waals surface area (Å²) in [4.78, 5) is 18.6. The molecule has 0 spiro atoms. The molecule has 2 N–H and O–H groups in total. The van der Waals surface area contributed by atoms with Gasteiger partial charge in [0.2, 0.25) is 0 Å². The number of hydrogen-bond acceptors (Lipinski definition) is 4. The predicted octanol–water partition coefficient (Wildman–Crippen LogP) is 2.71. The number of amides is 1. The number of fused-ring (bicyclic) bond motifs is 1. The summed E-state index contributed by atoms with van der Waals surface area (Å²) < 4.78 is 6.40. The minimum absolute atomic E-state index is 0.0557. The van der Waals surface area contributed by atoms with Crippen LogP contribution in [0.15, 0.2) is 48.5 Å². The average molecular weight is 383 g/mol. The summed E-state index contributed by atoms with van der Waals surface area (Å²) in [6.45, 7) is 2.50. The number of ether oxygens (including phenoxy) is 1. The zero-order valence-corrected chi connectivity index (χ0v) is 16.2. The smallest absolute Gasteiger partial charge is 0.279 e. The molecule has 27 heavy (non-hydrogen) atoms. The SMILES string of the molecule is COc1ccc(NC(=O)C[NH+]2CCC[C@H](c3nc4ccccc4s3)C2)cc1. The molecule has 1 saturated heterocycles. The lowest BCUT2D eigenvalue weighted by atomic mass is 9.99. The molecule has 3 aromatic rings. The van der Waals surface area contributed by atoms with Gasteiger partial charge in [-0.2, -0.15) is 0 Å². The molecular formula is C21H24N3O2S+. The summed E-state index contributed by atoms with van der Waals surface area (Å²) in [7, 11) is 1.63. The minimum atomic E-state index is 0.0557. The van der Waals surface area contributed by atoms with Crippen LogP contribution in [0.5, 0.6) is 5.75 Å². The number of nitrogens with one attached hydrogen (secondary N) is 2. The molecule has 2 aromatic carbocycles. The molecule has 1 aromatic heterocycles. The number of thiazole rings is 1. The highest BCUT2D eigenvalue weighted by molar-refractivity contribution is 7.18. The number of piperidine rings is 1. The van der Waals surface area contributed by atoms with E-state index >= 15 is 0 Å². The minimum Gasteiger partial charge on any atom is -0.497 e. The Morgan fingerprint density at radius 1 is 1.26 bits per heavy atom. The van der Waals surface area contributed by atoms with Gasteiger partial charge < -0.3 is 15.0 Å². The zero-order valence-electron chi connectivity index (χ0n) is 15.4. The van der Waals surface area contributed by atoms with E-state index in [0.29, 0.717) is 12.5 Å². The van der Waals surface area contributed by atoms with E-state index in [0.717, 1.165) is 42.9 Å². The van der Waals surface area contributed by atoms with E-state index in [1.165, 1.54) is 14.6 Å². The van der Waals surface area contributed by atoms with Crippen molar-refractivity contribution in [1.29, 1.82) is 0 Å². The lowest BCUT2D eigenvalue weighted by Crippen LogP contribution is -3.14. The lowest BCUT2D eigenvalue weighted by Gasteiger charge is -2.28. The number of nitrogens with zero attached hydrogens (tertiary/aromatic N) is 1. The molecule has 5 nitrogen and oxygen atoms in total. The van der Waals surface area contributed by atoms with E-state index < -0.39 is 0 Å². The Balaban J connectivity index is 1.36. The van der Waals surface area contributed by atoms with Gasteiger partial charge in [-0.1, -0.05) is 12.1 Å². The van der Waals surface area contributed by atoms with Crippen molar-refractivity contribution < 1.29 is 14.4 Å². The van der Waals surface area contributed by atoms with Crippen molar-refractivity contribution in [3.05, 3.63) is 53.5 Å². The Hall–Kier alpha value is -2.44. The van der Waals surface area contributed by atoms with Crippen molar-refractivity contribution >= 4 is 33.1 Å². The van der Waals surface area contributed by atoms with Crippen LogP contribution >= 0.6 is 11.3 Å². The first-order chi connectivity index (χ1) is 13.2. The molecular weight excluding hydrogens is 358 g/mol. The highest BCUT2D eigenvalue weighted by Crippen LogP contribution is 2.30. The van der Waals surface area contributed by atoms with Gasteiger partial charge in [0.15, 0.2) is 6.54 Å². The average Bonchev–Trinajstić information content (AvgIpc) is 3.13. The van der Waals surface area contributed by atoms with Crippen LogP contribution in [0.3, 0.4) is 0 Å². The first kappa shape index (κ1) is 17.9. The van der Waals surface area contributed by atoms with Crippen LogP contribution in [-0.4, -0.2) is 37.6 Å². The normalized spacial score (nSPS) is 19.7. The molecule has 0 aliphatic carbocycles. The van der Waals surface area contributed by atoms with Gasteiger partial charge in [0.05, 0.1) is 36.3 Å². The number of anilines is 1. The number of carbonyl (C=O) groups excluding carboxylic acids is 1. The number of hydrogen-bond donors (Lipinski definition) is 2. The summed E-state index contributed by atoms with van der Waals surface area (Å²) in [6.07, 6.45) is 2.29. The van der Waals surface area contributed by atoms with Gasteiger partial charge in [0.25, 0.3) is 5.91 Å². The molecule has 0 radical (unpaired) electrons. The highest BCUT2D eigenvalue weighted by atomic mass is 32.1. The zero-order chi connectivity index (χ0) is 18.6.